The van der Waals surface area contributed by atoms with Crippen molar-refractivity contribution in [2.75, 3.05) is 79.1 Å². The van der Waals surface area contributed by atoms with E-state index in [-0.39, 0.29) is 41.3 Å². The van der Waals surface area contributed by atoms with Crippen molar-refractivity contribution in [2.45, 2.75) is 83.9 Å². The molecule has 4 atom stereocenters. The fraction of sp³-hybridized carbons (Fsp3) is 0.460. The van der Waals surface area contributed by atoms with Crippen LogP contribution in [-0.4, -0.2) is 136 Å². The molecule has 3 N–H and O–H groups in total. The van der Waals surface area contributed by atoms with Crippen molar-refractivity contribution in [1.29, 1.82) is 0 Å². The van der Waals surface area contributed by atoms with Gasteiger partial charge >= 0.3 is 13.7 Å². The minimum absolute atomic E-state index is 0.172. The van der Waals surface area contributed by atoms with Crippen LogP contribution in [0.5, 0.6) is 0 Å². The van der Waals surface area contributed by atoms with Crippen LogP contribution >= 0.6 is 30.8 Å². The van der Waals surface area contributed by atoms with Gasteiger partial charge in [0, 0.05) is 91.6 Å². The maximum atomic E-state index is 13.8. The van der Waals surface area contributed by atoms with Crippen LogP contribution < -0.4 is 19.8 Å². The molecule has 0 radical (unpaired) electrons. The molecular weight excluding hydrogens is 1050 g/mol. The Morgan fingerprint density at radius 2 is 1.24 bits per heavy atom. The number of likely N-dealkylation sites (tertiary alicyclic amines) is 2. The first-order chi connectivity index (χ1) is 35.6. The number of halogens is 2. The summed E-state index contributed by atoms with van der Waals surface area (Å²) in [6.45, 7) is 11.4. The molecule has 2 aromatic carbocycles. The van der Waals surface area contributed by atoms with Gasteiger partial charge in [0.05, 0.1) is 59.3 Å². The predicted octanol–water partition coefficient (Wildman–Crippen LogP) is 8.53. The van der Waals surface area contributed by atoms with Gasteiger partial charge in [-0.3, -0.25) is 24.2 Å². The number of amides is 3. The maximum absolute atomic E-state index is 13.8. The molecule has 400 valence electrons. The van der Waals surface area contributed by atoms with Crippen molar-refractivity contribution in [2.24, 2.45) is 5.92 Å². The largest absolute Gasteiger partial charge is 0.453 e. The van der Waals surface area contributed by atoms with Gasteiger partial charge in [0.15, 0.2) is 11.3 Å². The molecule has 0 bridgehead atoms. The number of piperidine rings is 2. The number of rotatable bonds is 11. The summed E-state index contributed by atoms with van der Waals surface area (Å²) < 4.78 is 51.2. The number of anilines is 4. The first-order valence-corrected chi connectivity index (χ1v) is 29.5. The van der Waals surface area contributed by atoms with Crippen LogP contribution in [0.3, 0.4) is 0 Å². The second kappa shape index (κ2) is 21.9. The fourth-order valence-corrected chi connectivity index (χ4v) is 11.9. The number of carbonyl (C=O) groups excluding carboxylic acids is 3. The number of methoxy groups -OCH3 is 1. The molecular formula is C50H61Cl2N12O9PS. The number of benzene rings is 2. The van der Waals surface area contributed by atoms with Crippen LogP contribution in [0.4, 0.5) is 27.8 Å². The van der Waals surface area contributed by atoms with Crippen LogP contribution in [0.1, 0.15) is 107 Å². The molecule has 4 fully saturated rings. The minimum Gasteiger partial charge on any atom is -0.453 e. The number of sulfonamides is 1. The zero-order valence-corrected chi connectivity index (χ0v) is 45.8. The smallest absolute Gasteiger partial charge is 0.411 e. The lowest BCUT2D eigenvalue weighted by Gasteiger charge is -2.40. The van der Waals surface area contributed by atoms with Crippen molar-refractivity contribution in [3.05, 3.63) is 105 Å². The highest BCUT2D eigenvalue weighted by atomic mass is 35.5. The average molecular weight is 1110 g/mol. The van der Waals surface area contributed by atoms with Gasteiger partial charge < -0.3 is 33.8 Å². The van der Waals surface area contributed by atoms with Crippen LogP contribution in [-0.2, 0) is 23.8 Å². The Kier molecular flexibility index (Phi) is 15.7. The van der Waals surface area contributed by atoms with Gasteiger partial charge in [0.25, 0.3) is 11.8 Å². The molecule has 10 rings (SSSR count). The lowest BCUT2D eigenvalue weighted by atomic mass is 9.98. The second-order valence-electron chi connectivity index (χ2n) is 19.9. The minimum atomic E-state index is -3.61. The van der Waals surface area contributed by atoms with Gasteiger partial charge in [-0.15, -0.1) is 0 Å². The highest BCUT2D eigenvalue weighted by molar-refractivity contribution is 7.92. The Morgan fingerprint density at radius 1 is 0.733 bits per heavy atom. The Balaban J connectivity index is 0.000000184. The topological polar surface area (TPSA) is 239 Å². The molecule has 75 heavy (non-hydrogen) atoms. The van der Waals surface area contributed by atoms with Crippen molar-refractivity contribution in [3.8, 4) is 0 Å². The first-order valence-electron chi connectivity index (χ1n) is 24.9. The monoisotopic (exact) mass is 1110 g/mol. The number of hydrogen-bond acceptors (Lipinski definition) is 14. The standard InChI is InChI=1S/C26H31ClN6O3.C24H30ClN6O6PS/c1-16-9-11-31(14-16)24-17(2)15-33-23(29-24)13-21(30-33)22-6-4-5-10-32(22)25(34)19-12-18(27)7-8-20(19)28-26(35)36-3;1-15-12-31-22(26-23(15)29-13-17(14-29)37-38(2,33)34)11-20(27-31)21-6-4-5-9-30(21)24(32)18-10-16(25)7-8-19(18)28-39(3,35)36/h7-8,12-13,15-16,22H,4-6,9-11,14H2,1-3H3,(H,28,35);7-8,10-12,17,21,28H,4-6,9,13-14H2,1-3H3,(H,33,34)/t16-,22-;21-/m00/s1. The third-order valence-electron chi connectivity index (χ3n) is 13.8. The van der Waals surface area contributed by atoms with E-state index in [4.69, 9.17) is 52.6 Å². The lowest BCUT2D eigenvalue weighted by molar-refractivity contribution is 0.0599. The van der Waals surface area contributed by atoms with E-state index in [1.165, 1.54) is 38.4 Å². The van der Waals surface area contributed by atoms with Crippen molar-refractivity contribution in [3.63, 3.8) is 0 Å². The molecule has 3 amide bonds. The number of fused-ring (bicyclic) bond motifs is 2. The number of nitrogens with zero attached hydrogens (tertiary/aromatic N) is 10. The summed E-state index contributed by atoms with van der Waals surface area (Å²) in [7, 11) is -5.89. The molecule has 1 unspecified atom stereocenters. The molecule has 4 aromatic heterocycles. The summed E-state index contributed by atoms with van der Waals surface area (Å²) >= 11 is 12.4. The summed E-state index contributed by atoms with van der Waals surface area (Å²) in [5.74, 6) is 1.87. The van der Waals surface area contributed by atoms with Gasteiger partial charge in [0.2, 0.25) is 10.0 Å². The van der Waals surface area contributed by atoms with Crippen LogP contribution in [0.25, 0.3) is 11.3 Å². The number of ether oxygens (including phenoxy) is 1. The highest BCUT2D eigenvalue weighted by Gasteiger charge is 2.36. The third-order valence-corrected chi connectivity index (χ3v) is 15.6. The van der Waals surface area contributed by atoms with E-state index >= 15 is 0 Å². The summed E-state index contributed by atoms with van der Waals surface area (Å²) in [4.78, 5) is 66.4. The summed E-state index contributed by atoms with van der Waals surface area (Å²) in [6, 6.07) is 12.6. The van der Waals surface area contributed by atoms with Crippen LogP contribution in [0.15, 0.2) is 60.9 Å². The molecule has 0 aliphatic carbocycles. The number of aryl methyl sites for hydroxylation is 2. The van der Waals surface area contributed by atoms with Crippen molar-refractivity contribution in [1.82, 2.24) is 39.0 Å². The van der Waals surface area contributed by atoms with Gasteiger partial charge in [0.1, 0.15) is 17.7 Å². The Morgan fingerprint density at radius 3 is 1.72 bits per heavy atom. The molecule has 0 saturated carbocycles. The first kappa shape index (κ1) is 53.8. The molecule has 0 spiro atoms. The molecule has 8 heterocycles. The van der Waals surface area contributed by atoms with Crippen LogP contribution in [0.2, 0.25) is 10.0 Å². The predicted molar refractivity (Wildman–Crippen MR) is 287 cm³/mol. The van der Waals surface area contributed by atoms with E-state index in [1.807, 2.05) is 45.8 Å². The van der Waals surface area contributed by atoms with E-state index in [0.29, 0.717) is 71.2 Å². The zero-order chi connectivity index (χ0) is 53.5. The lowest BCUT2D eigenvalue weighted by Crippen LogP contribution is -2.52. The van der Waals surface area contributed by atoms with E-state index in [1.54, 1.807) is 27.6 Å². The maximum Gasteiger partial charge on any atom is 0.411 e. The quantitative estimate of drug-likeness (QED) is 0.103. The van der Waals surface area contributed by atoms with Gasteiger partial charge in [-0.2, -0.15) is 10.2 Å². The molecule has 21 nitrogen and oxygen atoms in total. The molecule has 4 aliphatic heterocycles. The van der Waals surface area contributed by atoms with E-state index in [2.05, 4.69) is 28.8 Å². The van der Waals surface area contributed by atoms with E-state index < -0.39 is 23.7 Å². The van der Waals surface area contributed by atoms with Crippen LogP contribution in [0, 0.1) is 19.8 Å². The van der Waals surface area contributed by atoms with Crippen molar-refractivity contribution < 1.29 is 41.5 Å². The van der Waals surface area contributed by atoms with E-state index in [9.17, 15) is 32.3 Å². The molecule has 4 saturated heterocycles. The average Bonchev–Trinajstić information content (AvgIpc) is 4.10. The number of nitrogens with one attached hydrogen (secondary N) is 2. The Labute approximate surface area is 445 Å². The summed E-state index contributed by atoms with van der Waals surface area (Å²) in [6.07, 6.45) is 10.2. The number of hydrogen-bond donors (Lipinski definition) is 3. The fourth-order valence-electron chi connectivity index (χ4n) is 10.3. The second-order valence-corrected chi connectivity index (χ2v) is 24.3. The SMILES string of the molecule is COC(=O)Nc1ccc(Cl)cc1C(=O)N1CCCC[C@H]1c1cc2nc(N3CC[C@H](C)C3)c(C)cn2n1.Cc1cn2nc([C@@H]3CCCCN3C(=O)c3cc(Cl)ccc3NS(C)(=O)=O)cc2nc1N1CC(OP(C)(=O)O)C1. The summed E-state index contributed by atoms with van der Waals surface area (Å²) in [5.41, 5.74) is 5.87. The third kappa shape index (κ3) is 12.3. The Hall–Kier alpha value is -6.03. The highest BCUT2D eigenvalue weighted by Crippen LogP contribution is 2.42. The number of aromatic nitrogens is 6. The normalized spacial score (nSPS) is 20.1. The molecule has 25 heteroatoms. The van der Waals surface area contributed by atoms with Crippen molar-refractivity contribution >= 4 is 93.0 Å². The zero-order valence-electron chi connectivity index (χ0n) is 42.6. The van der Waals surface area contributed by atoms with Gasteiger partial charge in [-0.25, -0.2) is 32.2 Å². The van der Waals surface area contributed by atoms with Gasteiger partial charge in [-0.05, 0) is 101 Å². The van der Waals surface area contributed by atoms with E-state index in [0.717, 1.165) is 85.6 Å². The number of carbonyl (C=O) groups is 3. The molecule has 6 aromatic rings. The Bertz CT molecular complexity index is 3330. The summed E-state index contributed by atoms with van der Waals surface area (Å²) in [5, 5.41) is 12.9. The molecule has 4 aliphatic rings. The van der Waals surface area contributed by atoms with Gasteiger partial charge in [-0.1, -0.05) is 30.1 Å².